The zero-order valence-corrected chi connectivity index (χ0v) is 15.3. The van der Waals surface area contributed by atoms with E-state index in [9.17, 15) is 4.79 Å². The molecule has 0 bridgehead atoms. The molecule has 26 heavy (non-hydrogen) atoms. The molecule has 4 nitrogen and oxygen atoms in total. The first-order valence-electron chi connectivity index (χ1n) is 9.01. The predicted octanol–water partition coefficient (Wildman–Crippen LogP) is 4.36. The highest BCUT2D eigenvalue weighted by Crippen LogP contribution is 2.33. The van der Waals surface area contributed by atoms with Gasteiger partial charge < -0.3 is 9.47 Å². The smallest absolute Gasteiger partial charge is 0.227 e. The van der Waals surface area contributed by atoms with Crippen LogP contribution < -0.4 is 4.90 Å². The van der Waals surface area contributed by atoms with Gasteiger partial charge in [0.2, 0.25) is 5.91 Å². The Morgan fingerprint density at radius 2 is 1.92 bits per heavy atom. The molecule has 1 fully saturated rings. The van der Waals surface area contributed by atoms with Crippen molar-refractivity contribution >= 4 is 22.6 Å². The Morgan fingerprint density at radius 1 is 1.19 bits per heavy atom. The molecule has 0 saturated carbocycles. The van der Waals surface area contributed by atoms with Gasteiger partial charge in [-0.05, 0) is 49.2 Å². The van der Waals surface area contributed by atoms with Gasteiger partial charge in [0.25, 0.3) is 0 Å². The lowest BCUT2D eigenvalue weighted by Crippen LogP contribution is -2.24. The van der Waals surface area contributed by atoms with Gasteiger partial charge in [-0.25, -0.2) is 4.98 Å². The van der Waals surface area contributed by atoms with Crippen LogP contribution in [0.3, 0.4) is 0 Å². The molecule has 0 spiro atoms. The second kappa shape index (κ2) is 6.45. The van der Waals surface area contributed by atoms with E-state index in [2.05, 4.69) is 49.3 Å². The first-order chi connectivity index (χ1) is 12.6. The van der Waals surface area contributed by atoms with E-state index in [1.807, 2.05) is 29.2 Å². The number of nitrogens with zero attached hydrogens (tertiary/aromatic N) is 3. The molecule has 0 unspecified atom stereocenters. The monoisotopic (exact) mass is 345 g/mol. The molecule has 2 heterocycles. The second-order valence-corrected chi connectivity index (χ2v) is 7.11. The Kier molecular flexibility index (Phi) is 4.11. The van der Waals surface area contributed by atoms with Crippen molar-refractivity contribution in [2.24, 2.45) is 0 Å². The SMILES string of the molecule is C=CCn1c([C@H]2CC(=O)N(c3cc(C)cc(C)c3)C2)nc2ccccc21. The molecule has 4 rings (SSSR count). The molecule has 2 aromatic carbocycles. The maximum Gasteiger partial charge on any atom is 0.227 e. The highest BCUT2D eigenvalue weighted by atomic mass is 16.2. The molecule has 0 aliphatic carbocycles. The number of fused-ring (bicyclic) bond motifs is 1. The van der Waals surface area contributed by atoms with E-state index in [0.29, 0.717) is 19.5 Å². The second-order valence-electron chi connectivity index (χ2n) is 7.11. The van der Waals surface area contributed by atoms with E-state index in [1.54, 1.807) is 0 Å². The fourth-order valence-corrected chi connectivity index (χ4v) is 3.96. The summed E-state index contributed by atoms with van der Waals surface area (Å²) in [5.41, 5.74) is 5.41. The third-order valence-corrected chi connectivity index (χ3v) is 5.00. The topological polar surface area (TPSA) is 38.1 Å². The molecule has 4 heteroatoms. The number of carbonyl (C=O) groups is 1. The third-order valence-electron chi connectivity index (χ3n) is 5.00. The van der Waals surface area contributed by atoms with Crippen LogP contribution in [0.1, 0.15) is 29.3 Å². The number of benzene rings is 2. The number of imidazole rings is 1. The Balaban J connectivity index is 1.72. The lowest BCUT2D eigenvalue weighted by Gasteiger charge is -2.18. The zero-order chi connectivity index (χ0) is 18.3. The summed E-state index contributed by atoms with van der Waals surface area (Å²) in [6.07, 6.45) is 2.38. The first kappa shape index (κ1) is 16.6. The molecular weight excluding hydrogens is 322 g/mol. The molecule has 1 aliphatic heterocycles. The minimum absolute atomic E-state index is 0.0932. The van der Waals surface area contributed by atoms with Crippen LogP contribution >= 0.6 is 0 Å². The Bertz CT molecular complexity index is 982. The molecule has 132 valence electrons. The molecule has 1 aromatic heterocycles. The third kappa shape index (κ3) is 2.81. The highest BCUT2D eigenvalue weighted by molar-refractivity contribution is 5.96. The van der Waals surface area contributed by atoms with Crippen LogP contribution in [-0.4, -0.2) is 22.0 Å². The summed E-state index contributed by atoms with van der Waals surface area (Å²) in [5.74, 6) is 1.24. The summed E-state index contributed by atoms with van der Waals surface area (Å²) in [5, 5.41) is 0. The molecule has 0 radical (unpaired) electrons. The van der Waals surface area contributed by atoms with Crippen molar-refractivity contribution in [3.8, 4) is 0 Å². The van der Waals surface area contributed by atoms with Crippen LogP contribution in [0.25, 0.3) is 11.0 Å². The molecule has 1 atom stereocenters. The van der Waals surface area contributed by atoms with Gasteiger partial charge >= 0.3 is 0 Å². The average Bonchev–Trinajstić information content (AvgIpc) is 3.15. The van der Waals surface area contributed by atoms with Crippen molar-refractivity contribution in [2.75, 3.05) is 11.4 Å². The maximum atomic E-state index is 12.7. The number of aryl methyl sites for hydroxylation is 2. The van der Waals surface area contributed by atoms with Gasteiger partial charge in [-0.15, -0.1) is 6.58 Å². The number of hydrogen-bond acceptors (Lipinski definition) is 2. The van der Waals surface area contributed by atoms with Crippen LogP contribution in [0.2, 0.25) is 0 Å². The van der Waals surface area contributed by atoms with E-state index in [0.717, 1.165) is 22.5 Å². The lowest BCUT2D eigenvalue weighted by atomic mass is 10.1. The van der Waals surface area contributed by atoms with Crippen molar-refractivity contribution < 1.29 is 4.79 Å². The fraction of sp³-hybridized carbons (Fsp3) is 0.273. The van der Waals surface area contributed by atoms with Crippen LogP contribution in [-0.2, 0) is 11.3 Å². The number of rotatable bonds is 4. The number of amides is 1. The van der Waals surface area contributed by atoms with Crippen molar-refractivity contribution in [1.82, 2.24) is 9.55 Å². The van der Waals surface area contributed by atoms with Crippen molar-refractivity contribution in [2.45, 2.75) is 32.7 Å². The highest BCUT2D eigenvalue weighted by Gasteiger charge is 2.34. The van der Waals surface area contributed by atoms with E-state index < -0.39 is 0 Å². The number of para-hydroxylation sites is 2. The predicted molar refractivity (Wildman–Crippen MR) is 106 cm³/mol. The molecule has 0 N–H and O–H groups in total. The molecule has 1 amide bonds. The Morgan fingerprint density at radius 3 is 2.65 bits per heavy atom. The van der Waals surface area contributed by atoms with Crippen molar-refractivity contribution in [3.05, 3.63) is 72.1 Å². The normalized spacial score (nSPS) is 17.2. The number of allylic oxidation sites excluding steroid dienone is 1. The number of hydrogen-bond donors (Lipinski definition) is 0. The molecule has 1 aliphatic rings. The first-order valence-corrected chi connectivity index (χ1v) is 9.01. The van der Waals surface area contributed by atoms with Gasteiger partial charge in [0.1, 0.15) is 5.82 Å². The summed E-state index contributed by atoms with van der Waals surface area (Å²) in [7, 11) is 0. The molecule has 3 aromatic rings. The summed E-state index contributed by atoms with van der Waals surface area (Å²) < 4.78 is 2.19. The van der Waals surface area contributed by atoms with E-state index in [1.165, 1.54) is 11.1 Å². The van der Waals surface area contributed by atoms with Gasteiger partial charge in [0, 0.05) is 31.1 Å². The zero-order valence-electron chi connectivity index (χ0n) is 15.3. The van der Waals surface area contributed by atoms with Crippen molar-refractivity contribution in [3.63, 3.8) is 0 Å². The summed E-state index contributed by atoms with van der Waals surface area (Å²) >= 11 is 0. The van der Waals surface area contributed by atoms with Crippen LogP contribution in [0.4, 0.5) is 5.69 Å². The average molecular weight is 345 g/mol. The largest absolute Gasteiger partial charge is 0.324 e. The van der Waals surface area contributed by atoms with Gasteiger partial charge in [0.15, 0.2) is 0 Å². The molecule has 1 saturated heterocycles. The van der Waals surface area contributed by atoms with E-state index in [-0.39, 0.29) is 11.8 Å². The number of anilines is 1. The van der Waals surface area contributed by atoms with Crippen LogP contribution in [0.15, 0.2) is 55.1 Å². The van der Waals surface area contributed by atoms with Crippen LogP contribution in [0.5, 0.6) is 0 Å². The standard InChI is InChI=1S/C22H23N3O/c1-4-9-24-20-8-6-5-7-19(20)23-22(24)17-13-21(26)25(14-17)18-11-15(2)10-16(3)12-18/h4-8,10-12,17H,1,9,13-14H2,2-3H3/t17-/m0/s1. The number of aromatic nitrogens is 2. The fourth-order valence-electron chi connectivity index (χ4n) is 3.96. The maximum absolute atomic E-state index is 12.7. The van der Waals surface area contributed by atoms with Gasteiger partial charge in [-0.1, -0.05) is 24.3 Å². The summed E-state index contributed by atoms with van der Waals surface area (Å²) in [6.45, 7) is 9.38. The Labute approximate surface area is 153 Å². The van der Waals surface area contributed by atoms with Gasteiger partial charge in [-0.3, -0.25) is 4.79 Å². The van der Waals surface area contributed by atoms with Gasteiger partial charge in [0.05, 0.1) is 11.0 Å². The quantitative estimate of drug-likeness (QED) is 0.659. The minimum atomic E-state index is 0.0932. The van der Waals surface area contributed by atoms with E-state index in [4.69, 9.17) is 4.98 Å². The summed E-state index contributed by atoms with van der Waals surface area (Å²) in [6, 6.07) is 14.4. The number of carbonyl (C=O) groups excluding carboxylic acids is 1. The molecular formula is C22H23N3O. The lowest BCUT2D eigenvalue weighted by molar-refractivity contribution is -0.117. The Hall–Kier alpha value is -2.88. The van der Waals surface area contributed by atoms with Crippen LogP contribution in [0, 0.1) is 13.8 Å². The summed E-state index contributed by atoms with van der Waals surface area (Å²) in [4.78, 5) is 19.5. The van der Waals surface area contributed by atoms with Gasteiger partial charge in [-0.2, -0.15) is 0 Å². The van der Waals surface area contributed by atoms with Crippen molar-refractivity contribution in [1.29, 1.82) is 0 Å². The minimum Gasteiger partial charge on any atom is -0.324 e. The van der Waals surface area contributed by atoms with E-state index >= 15 is 0 Å².